The lowest BCUT2D eigenvalue weighted by molar-refractivity contribution is -0.121. The Morgan fingerprint density at radius 2 is 2.32 bits per heavy atom. The zero-order chi connectivity index (χ0) is 14.4. The van der Waals surface area contributed by atoms with Crippen molar-refractivity contribution in [2.24, 2.45) is 0 Å². The summed E-state index contributed by atoms with van der Waals surface area (Å²) in [5.41, 5.74) is -0.362. The Morgan fingerprint density at radius 1 is 1.63 bits per heavy atom. The molecule has 0 atom stereocenters. The van der Waals surface area contributed by atoms with E-state index in [2.05, 4.69) is 10.3 Å². The monoisotopic (exact) mass is 282 g/mol. The zero-order valence-electron chi connectivity index (χ0n) is 10.8. The number of carbonyl (C=O) groups is 1. The van der Waals surface area contributed by atoms with Crippen molar-refractivity contribution in [2.75, 3.05) is 6.54 Å². The molecule has 1 aromatic rings. The van der Waals surface area contributed by atoms with Crippen LogP contribution < -0.4 is 10.9 Å². The van der Waals surface area contributed by atoms with Crippen LogP contribution >= 0.6 is 11.6 Å². The van der Waals surface area contributed by atoms with Gasteiger partial charge in [-0.05, 0) is 0 Å². The average molecular weight is 283 g/mol. The fraction of sp³-hybridized carbons (Fsp3) is 0.500. The molecule has 0 saturated carbocycles. The first-order valence-corrected chi connectivity index (χ1v) is 6.24. The van der Waals surface area contributed by atoms with Gasteiger partial charge in [0.1, 0.15) is 17.5 Å². The van der Waals surface area contributed by atoms with E-state index in [0.717, 1.165) is 0 Å². The van der Waals surface area contributed by atoms with E-state index in [4.69, 9.17) is 16.9 Å². The minimum Gasteiger partial charge on any atom is -0.354 e. The normalized spacial score (nSPS) is 10.3. The third kappa shape index (κ3) is 4.38. The Kier molecular flexibility index (Phi) is 5.52. The maximum absolute atomic E-state index is 11.8. The van der Waals surface area contributed by atoms with Gasteiger partial charge in [0, 0.05) is 18.5 Å². The van der Waals surface area contributed by atoms with Gasteiger partial charge in [-0.25, -0.2) is 4.98 Å². The van der Waals surface area contributed by atoms with E-state index < -0.39 is 0 Å². The summed E-state index contributed by atoms with van der Waals surface area (Å²) in [4.78, 5) is 27.6. The smallest absolute Gasteiger partial charge is 0.255 e. The Bertz CT molecular complexity index is 560. The summed E-state index contributed by atoms with van der Waals surface area (Å²) < 4.78 is 1.29. The van der Waals surface area contributed by atoms with E-state index in [1.807, 2.05) is 19.9 Å². The number of nitrogens with zero attached hydrogens (tertiary/aromatic N) is 3. The van der Waals surface area contributed by atoms with Crippen LogP contribution in [0.15, 0.2) is 10.9 Å². The number of rotatable bonds is 5. The number of nitriles is 1. The number of nitrogens with one attached hydrogen (secondary N) is 1. The molecule has 0 radical (unpaired) electrons. The van der Waals surface area contributed by atoms with E-state index in [9.17, 15) is 9.59 Å². The highest BCUT2D eigenvalue weighted by molar-refractivity contribution is 6.29. The van der Waals surface area contributed by atoms with E-state index in [1.54, 1.807) is 0 Å². The predicted molar refractivity (Wildman–Crippen MR) is 70.8 cm³/mol. The molecule has 1 aromatic heterocycles. The van der Waals surface area contributed by atoms with Crippen LogP contribution in [0.4, 0.5) is 0 Å². The number of aromatic nitrogens is 2. The minimum atomic E-state index is -0.362. The van der Waals surface area contributed by atoms with Crippen molar-refractivity contribution in [2.45, 2.75) is 32.7 Å². The second kappa shape index (κ2) is 6.90. The Balaban J connectivity index is 2.92. The molecule has 6 nitrogen and oxygen atoms in total. The van der Waals surface area contributed by atoms with Gasteiger partial charge in [-0.3, -0.25) is 14.2 Å². The molecule has 0 saturated heterocycles. The molecule has 102 valence electrons. The van der Waals surface area contributed by atoms with Gasteiger partial charge >= 0.3 is 0 Å². The van der Waals surface area contributed by atoms with E-state index in [-0.39, 0.29) is 42.0 Å². The lowest BCUT2D eigenvalue weighted by atomic mass is 10.2. The summed E-state index contributed by atoms with van der Waals surface area (Å²) in [6.07, 6.45) is 0.233. The fourth-order valence-corrected chi connectivity index (χ4v) is 1.73. The Hall–Kier alpha value is -1.87. The summed E-state index contributed by atoms with van der Waals surface area (Å²) >= 11 is 5.74. The number of hydrogen-bond acceptors (Lipinski definition) is 4. The van der Waals surface area contributed by atoms with Crippen LogP contribution in [0.5, 0.6) is 0 Å². The Labute approximate surface area is 116 Å². The van der Waals surface area contributed by atoms with Crippen molar-refractivity contribution in [3.05, 3.63) is 27.4 Å². The maximum Gasteiger partial charge on any atom is 0.255 e. The molecule has 1 N–H and O–H groups in total. The Morgan fingerprint density at radius 3 is 2.89 bits per heavy atom. The third-order valence-electron chi connectivity index (χ3n) is 2.38. The lowest BCUT2D eigenvalue weighted by Crippen LogP contribution is -2.35. The summed E-state index contributed by atoms with van der Waals surface area (Å²) in [5.74, 6) is 0.106. The van der Waals surface area contributed by atoms with Crippen LogP contribution in [-0.4, -0.2) is 22.0 Å². The van der Waals surface area contributed by atoms with Gasteiger partial charge < -0.3 is 5.32 Å². The minimum absolute atomic E-state index is 0.0293. The number of carbonyl (C=O) groups excluding carboxylic acids is 1. The number of amides is 1. The molecule has 0 bridgehead atoms. The van der Waals surface area contributed by atoms with Gasteiger partial charge in [-0.2, -0.15) is 5.26 Å². The van der Waals surface area contributed by atoms with Gasteiger partial charge in [-0.1, -0.05) is 25.4 Å². The van der Waals surface area contributed by atoms with Gasteiger partial charge in [0.25, 0.3) is 5.56 Å². The van der Waals surface area contributed by atoms with Crippen LogP contribution in [0, 0.1) is 11.3 Å². The molecule has 0 spiro atoms. The van der Waals surface area contributed by atoms with Gasteiger partial charge in [0.15, 0.2) is 0 Å². The molecule has 0 aliphatic heterocycles. The third-order valence-corrected chi connectivity index (χ3v) is 2.58. The first-order chi connectivity index (χ1) is 8.95. The van der Waals surface area contributed by atoms with E-state index in [0.29, 0.717) is 5.82 Å². The summed E-state index contributed by atoms with van der Waals surface area (Å²) in [7, 11) is 0. The molecular formula is C12H15ClN4O2. The van der Waals surface area contributed by atoms with Crippen molar-refractivity contribution in [3.8, 4) is 6.07 Å². The molecule has 1 rings (SSSR count). The van der Waals surface area contributed by atoms with Crippen LogP contribution in [0.2, 0.25) is 5.15 Å². The zero-order valence-corrected chi connectivity index (χ0v) is 11.6. The van der Waals surface area contributed by atoms with Gasteiger partial charge in [0.2, 0.25) is 5.91 Å². The van der Waals surface area contributed by atoms with Gasteiger partial charge in [0.05, 0.1) is 12.5 Å². The highest BCUT2D eigenvalue weighted by Gasteiger charge is 2.14. The fourth-order valence-electron chi connectivity index (χ4n) is 1.55. The quantitative estimate of drug-likeness (QED) is 0.646. The number of halogens is 1. The number of hydrogen-bond donors (Lipinski definition) is 1. The molecular weight excluding hydrogens is 268 g/mol. The van der Waals surface area contributed by atoms with Gasteiger partial charge in [-0.15, -0.1) is 0 Å². The summed E-state index contributed by atoms with van der Waals surface area (Å²) in [5, 5.41) is 11.1. The summed E-state index contributed by atoms with van der Waals surface area (Å²) in [6, 6.07) is 3.10. The first-order valence-electron chi connectivity index (χ1n) is 5.86. The predicted octanol–water partition coefficient (Wildman–Crippen LogP) is 1.05. The molecule has 0 unspecified atom stereocenters. The first kappa shape index (κ1) is 15.2. The SMILES string of the molecule is CC(C)c1nc(Cl)cc(=O)n1CC(=O)NCCC#N. The maximum atomic E-state index is 11.8. The molecule has 0 fully saturated rings. The molecule has 1 amide bonds. The van der Waals surface area contributed by atoms with Crippen molar-refractivity contribution in [1.29, 1.82) is 5.26 Å². The molecule has 0 aromatic carbocycles. The van der Waals surface area contributed by atoms with Crippen molar-refractivity contribution < 1.29 is 4.79 Å². The molecule has 19 heavy (non-hydrogen) atoms. The highest BCUT2D eigenvalue weighted by atomic mass is 35.5. The highest BCUT2D eigenvalue weighted by Crippen LogP contribution is 2.12. The standard InChI is InChI=1S/C12H15ClN4O2/c1-8(2)12-16-9(13)6-11(19)17(12)7-10(18)15-5-3-4-14/h6,8H,3,5,7H2,1-2H3,(H,15,18). The lowest BCUT2D eigenvalue weighted by Gasteiger charge is -2.14. The molecule has 1 heterocycles. The van der Waals surface area contributed by atoms with E-state index in [1.165, 1.54) is 10.6 Å². The van der Waals surface area contributed by atoms with Crippen molar-refractivity contribution >= 4 is 17.5 Å². The summed E-state index contributed by atoms with van der Waals surface area (Å²) in [6.45, 7) is 3.87. The largest absolute Gasteiger partial charge is 0.354 e. The van der Waals surface area contributed by atoms with Crippen LogP contribution in [-0.2, 0) is 11.3 Å². The van der Waals surface area contributed by atoms with Crippen molar-refractivity contribution in [1.82, 2.24) is 14.9 Å². The average Bonchev–Trinajstić information content (AvgIpc) is 2.32. The van der Waals surface area contributed by atoms with Crippen molar-refractivity contribution in [3.63, 3.8) is 0 Å². The molecule has 0 aliphatic rings. The second-order valence-electron chi connectivity index (χ2n) is 4.27. The molecule has 0 aliphatic carbocycles. The van der Waals surface area contributed by atoms with Crippen LogP contribution in [0.1, 0.15) is 32.0 Å². The van der Waals surface area contributed by atoms with E-state index >= 15 is 0 Å². The molecule has 7 heteroatoms. The van der Waals surface area contributed by atoms with Crippen LogP contribution in [0.3, 0.4) is 0 Å². The topological polar surface area (TPSA) is 87.8 Å². The second-order valence-corrected chi connectivity index (χ2v) is 4.66. The van der Waals surface area contributed by atoms with Crippen LogP contribution in [0.25, 0.3) is 0 Å².